The summed E-state index contributed by atoms with van der Waals surface area (Å²) in [6.45, 7) is 14.5. The number of aliphatic imine (C=N–C) groups is 1. The number of carbonyl (C=O) groups excluding carboxylic acids is 1. The largest absolute Gasteiger partial charge is 0.377 e. The molecular formula is C16H34IN5O2. The maximum Gasteiger partial charge on any atom is 0.219 e. The Morgan fingerprint density at radius 3 is 2.33 bits per heavy atom. The Balaban J connectivity index is 0.00000529. The summed E-state index contributed by atoms with van der Waals surface area (Å²) in [5.41, 5.74) is -0.259. The van der Waals surface area contributed by atoms with Crippen LogP contribution in [0, 0.1) is 0 Å². The van der Waals surface area contributed by atoms with Gasteiger partial charge in [0.2, 0.25) is 5.91 Å². The van der Waals surface area contributed by atoms with E-state index in [1.54, 1.807) is 14.0 Å². The molecule has 1 aliphatic rings. The summed E-state index contributed by atoms with van der Waals surface area (Å²) >= 11 is 0. The molecule has 0 aliphatic carbocycles. The topological polar surface area (TPSA) is 69.2 Å². The first-order valence-corrected chi connectivity index (χ1v) is 8.43. The minimum absolute atomic E-state index is 0. The summed E-state index contributed by atoms with van der Waals surface area (Å²) in [6.07, 6.45) is 0. The minimum atomic E-state index is -0.259. The first-order chi connectivity index (χ1) is 10.9. The highest BCUT2D eigenvalue weighted by atomic mass is 127. The van der Waals surface area contributed by atoms with E-state index in [0.717, 1.165) is 51.8 Å². The Kier molecular flexibility index (Phi) is 11.6. The van der Waals surface area contributed by atoms with Gasteiger partial charge in [0, 0.05) is 59.8 Å². The molecule has 1 rings (SSSR count). The molecule has 24 heavy (non-hydrogen) atoms. The van der Waals surface area contributed by atoms with E-state index in [4.69, 9.17) is 4.74 Å². The fraction of sp³-hybridized carbons (Fsp3) is 0.875. The molecule has 0 aromatic rings. The number of ether oxygens (including phenoxy) is 1. The first kappa shape index (κ1) is 23.4. The number of piperazine rings is 1. The molecule has 0 aromatic heterocycles. The van der Waals surface area contributed by atoms with Gasteiger partial charge in [0.1, 0.15) is 0 Å². The predicted octanol–water partition coefficient (Wildman–Crippen LogP) is 0.749. The number of guanidine groups is 1. The second-order valence-electron chi connectivity index (χ2n) is 6.43. The van der Waals surface area contributed by atoms with E-state index in [-0.39, 0.29) is 35.5 Å². The molecule has 0 unspecified atom stereocenters. The maximum atomic E-state index is 11.3. The van der Waals surface area contributed by atoms with Crippen molar-refractivity contribution < 1.29 is 9.53 Å². The number of carbonyl (C=O) groups is 1. The summed E-state index contributed by atoms with van der Waals surface area (Å²) < 4.78 is 5.39. The van der Waals surface area contributed by atoms with Crippen molar-refractivity contribution in [3.05, 3.63) is 0 Å². The van der Waals surface area contributed by atoms with E-state index in [2.05, 4.69) is 27.4 Å². The minimum Gasteiger partial charge on any atom is -0.377 e. The molecule has 8 heteroatoms. The van der Waals surface area contributed by atoms with Crippen molar-refractivity contribution in [2.45, 2.75) is 33.3 Å². The van der Waals surface area contributed by atoms with E-state index in [1.807, 2.05) is 18.7 Å². The lowest BCUT2D eigenvalue weighted by Gasteiger charge is -2.34. The van der Waals surface area contributed by atoms with E-state index >= 15 is 0 Å². The molecule has 7 nitrogen and oxygen atoms in total. The third-order valence-electron chi connectivity index (χ3n) is 4.05. The van der Waals surface area contributed by atoms with Crippen molar-refractivity contribution in [3.63, 3.8) is 0 Å². The van der Waals surface area contributed by atoms with Crippen LogP contribution in [0.1, 0.15) is 27.7 Å². The molecule has 0 spiro atoms. The van der Waals surface area contributed by atoms with Crippen LogP contribution >= 0.6 is 24.0 Å². The number of rotatable bonds is 7. The molecule has 0 saturated carbocycles. The van der Waals surface area contributed by atoms with Gasteiger partial charge in [0.05, 0.1) is 12.1 Å². The van der Waals surface area contributed by atoms with Gasteiger partial charge in [-0.25, -0.2) is 0 Å². The molecule has 1 fully saturated rings. The second-order valence-corrected chi connectivity index (χ2v) is 6.43. The smallest absolute Gasteiger partial charge is 0.219 e. The number of hydrogen-bond donors (Lipinski definition) is 2. The lowest BCUT2D eigenvalue weighted by atomic mass is 10.1. The van der Waals surface area contributed by atoms with Crippen LogP contribution in [0.25, 0.3) is 0 Å². The summed E-state index contributed by atoms with van der Waals surface area (Å²) in [7, 11) is 1.70. The van der Waals surface area contributed by atoms with Crippen molar-refractivity contribution in [1.82, 2.24) is 20.4 Å². The standard InChI is InChI=1S/C16H33N5O2.HI/c1-6-17-15(19-13-16(3,4)23-5)18-7-8-20-9-11-21(12-10-20)14(2)22;/h6-13H2,1-5H3,(H2,17,18,19);1H. The quantitative estimate of drug-likeness (QED) is 0.337. The average Bonchev–Trinajstić information content (AvgIpc) is 2.53. The van der Waals surface area contributed by atoms with Gasteiger partial charge in [0.25, 0.3) is 0 Å². The van der Waals surface area contributed by atoms with E-state index in [1.165, 1.54) is 0 Å². The monoisotopic (exact) mass is 455 g/mol. The van der Waals surface area contributed by atoms with Gasteiger partial charge < -0.3 is 20.3 Å². The van der Waals surface area contributed by atoms with Gasteiger partial charge in [0.15, 0.2) is 5.96 Å². The average molecular weight is 455 g/mol. The highest BCUT2D eigenvalue weighted by molar-refractivity contribution is 14.0. The fourth-order valence-corrected chi connectivity index (χ4v) is 2.29. The Labute approximate surface area is 163 Å². The number of nitrogens with one attached hydrogen (secondary N) is 2. The van der Waals surface area contributed by atoms with E-state index < -0.39 is 0 Å². The molecule has 0 radical (unpaired) electrons. The summed E-state index contributed by atoms with van der Waals surface area (Å²) in [5.74, 6) is 0.991. The zero-order valence-electron chi connectivity index (χ0n) is 15.7. The molecule has 0 bridgehead atoms. The van der Waals surface area contributed by atoms with Gasteiger partial charge in [-0.2, -0.15) is 0 Å². The van der Waals surface area contributed by atoms with Crippen LogP contribution < -0.4 is 10.6 Å². The Morgan fingerprint density at radius 2 is 1.83 bits per heavy atom. The van der Waals surface area contributed by atoms with Crippen molar-refractivity contribution >= 4 is 35.8 Å². The fourth-order valence-electron chi connectivity index (χ4n) is 2.29. The molecule has 142 valence electrons. The molecule has 0 aromatic carbocycles. The summed E-state index contributed by atoms with van der Waals surface area (Å²) in [5, 5.41) is 6.61. The Morgan fingerprint density at radius 1 is 1.21 bits per heavy atom. The van der Waals surface area contributed by atoms with Gasteiger partial charge in [-0.3, -0.25) is 14.7 Å². The highest BCUT2D eigenvalue weighted by Gasteiger charge is 2.18. The van der Waals surface area contributed by atoms with E-state index in [0.29, 0.717) is 6.54 Å². The maximum absolute atomic E-state index is 11.3. The van der Waals surface area contributed by atoms with Crippen LogP contribution in [0.15, 0.2) is 4.99 Å². The molecular weight excluding hydrogens is 421 g/mol. The number of nitrogens with zero attached hydrogens (tertiary/aromatic N) is 3. The van der Waals surface area contributed by atoms with Crippen molar-refractivity contribution in [2.75, 3.05) is 59.5 Å². The zero-order valence-corrected chi connectivity index (χ0v) is 18.1. The van der Waals surface area contributed by atoms with Crippen LogP contribution in [0.2, 0.25) is 0 Å². The second kappa shape index (κ2) is 11.9. The highest BCUT2D eigenvalue weighted by Crippen LogP contribution is 2.07. The van der Waals surface area contributed by atoms with Crippen LogP contribution in [-0.2, 0) is 9.53 Å². The Bertz CT molecular complexity index is 396. The van der Waals surface area contributed by atoms with Crippen LogP contribution in [0.3, 0.4) is 0 Å². The normalized spacial score (nSPS) is 16.5. The van der Waals surface area contributed by atoms with Crippen molar-refractivity contribution in [2.24, 2.45) is 4.99 Å². The molecule has 1 saturated heterocycles. The number of halogens is 1. The number of amides is 1. The lowest BCUT2D eigenvalue weighted by molar-refractivity contribution is -0.130. The SMILES string of the molecule is CCNC(=NCC(C)(C)OC)NCCN1CCN(C(C)=O)CC1.I. The van der Waals surface area contributed by atoms with Crippen LogP contribution in [0.5, 0.6) is 0 Å². The zero-order chi connectivity index (χ0) is 17.3. The third-order valence-corrected chi connectivity index (χ3v) is 4.05. The van der Waals surface area contributed by atoms with Crippen LogP contribution in [-0.4, -0.2) is 86.7 Å². The van der Waals surface area contributed by atoms with Gasteiger partial charge >= 0.3 is 0 Å². The Hall–Kier alpha value is -0.610. The summed E-state index contributed by atoms with van der Waals surface area (Å²) in [6, 6.07) is 0. The first-order valence-electron chi connectivity index (χ1n) is 8.43. The number of hydrogen-bond acceptors (Lipinski definition) is 4. The van der Waals surface area contributed by atoms with Crippen molar-refractivity contribution in [3.8, 4) is 0 Å². The number of methoxy groups -OCH3 is 1. The molecule has 0 atom stereocenters. The van der Waals surface area contributed by atoms with Crippen LogP contribution in [0.4, 0.5) is 0 Å². The van der Waals surface area contributed by atoms with Gasteiger partial charge in [-0.1, -0.05) is 0 Å². The van der Waals surface area contributed by atoms with Gasteiger partial charge in [-0.05, 0) is 20.8 Å². The third kappa shape index (κ3) is 9.03. The molecule has 1 amide bonds. The summed E-state index contributed by atoms with van der Waals surface area (Å²) in [4.78, 5) is 20.2. The van der Waals surface area contributed by atoms with Gasteiger partial charge in [-0.15, -0.1) is 24.0 Å². The molecule has 2 N–H and O–H groups in total. The van der Waals surface area contributed by atoms with Crippen molar-refractivity contribution in [1.29, 1.82) is 0 Å². The van der Waals surface area contributed by atoms with E-state index in [9.17, 15) is 4.79 Å². The lowest BCUT2D eigenvalue weighted by Crippen LogP contribution is -2.50. The predicted molar refractivity (Wildman–Crippen MR) is 109 cm³/mol. The molecule has 1 heterocycles. The molecule has 1 aliphatic heterocycles.